The fourth-order valence-electron chi connectivity index (χ4n) is 4.18. The molecule has 1 fully saturated rings. The van der Waals surface area contributed by atoms with Crippen LogP contribution in [0.15, 0.2) is 66.0 Å². The number of carbonyl (C=O) groups excluding carboxylic acids is 2. The number of halogens is 2. The van der Waals surface area contributed by atoms with E-state index in [0.717, 1.165) is 22.7 Å². The van der Waals surface area contributed by atoms with Gasteiger partial charge in [0.2, 0.25) is 5.91 Å². The van der Waals surface area contributed by atoms with E-state index in [0.29, 0.717) is 24.5 Å². The topological polar surface area (TPSA) is 61.9 Å². The summed E-state index contributed by atoms with van der Waals surface area (Å²) in [4.78, 5) is 31.2. The molecule has 0 unspecified atom stereocenters. The molecule has 1 saturated heterocycles. The maximum atomic E-state index is 13.8. The summed E-state index contributed by atoms with van der Waals surface area (Å²) < 4.78 is 5.96. The molecule has 0 saturated carbocycles. The van der Waals surface area contributed by atoms with Crippen LogP contribution in [0.4, 0.5) is 5.69 Å². The monoisotopic (exact) mass is 533 g/mol. The zero-order valence-corrected chi connectivity index (χ0v) is 22.0. The molecule has 35 heavy (non-hydrogen) atoms. The second-order valence-electron chi connectivity index (χ2n) is 8.32. The first kappa shape index (κ1) is 27.0. The second kappa shape index (κ2) is 12.4. The van der Waals surface area contributed by atoms with Crippen molar-refractivity contribution in [3.05, 3.63) is 76.5 Å². The largest absolute Gasteiger partial charge is 0.457 e. The summed E-state index contributed by atoms with van der Waals surface area (Å²) in [7, 11) is 0. The van der Waals surface area contributed by atoms with Gasteiger partial charge < -0.3 is 15.0 Å². The molecule has 1 aromatic heterocycles. The molecule has 3 aromatic rings. The smallest absolute Gasteiger partial charge is 0.251 e. The SMILES string of the molecule is Cc1cc(Oc2ccccc2)ccc1N(C(=O)CCl)[C@@H](C(=O)N1CCN[C@@H](C)C1)c1cccs1.Cl. The lowest BCUT2D eigenvalue weighted by Gasteiger charge is -2.38. The lowest BCUT2D eigenvalue weighted by molar-refractivity contribution is -0.135. The van der Waals surface area contributed by atoms with Crippen molar-refractivity contribution in [3.8, 4) is 11.5 Å². The number of alkyl halides is 1. The maximum absolute atomic E-state index is 13.8. The summed E-state index contributed by atoms with van der Waals surface area (Å²) in [5.74, 6) is 0.729. The lowest BCUT2D eigenvalue weighted by Crippen LogP contribution is -2.55. The Morgan fingerprint density at radius 3 is 2.57 bits per heavy atom. The van der Waals surface area contributed by atoms with Crippen LogP contribution in [0.2, 0.25) is 0 Å². The highest BCUT2D eigenvalue weighted by molar-refractivity contribution is 7.10. The predicted molar refractivity (Wildman–Crippen MR) is 144 cm³/mol. The van der Waals surface area contributed by atoms with Gasteiger partial charge in [-0.15, -0.1) is 35.3 Å². The van der Waals surface area contributed by atoms with Crippen LogP contribution in [-0.4, -0.2) is 48.3 Å². The normalized spacial score (nSPS) is 16.2. The molecular weight excluding hydrogens is 505 g/mol. The second-order valence-corrected chi connectivity index (χ2v) is 9.56. The highest BCUT2D eigenvalue weighted by atomic mass is 35.5. The number of para-hydroxylation sites is 1. The summed E-state index contributed by atoms with van der Waals surface area (Å²) in [5, 5.41) is 5.28. The third-order valence-corrected chi connectivity index (χ3v) is 6.93. The van der Waals surface area contributed by atoms with E-state index in [-0.39, 0.29) is 36.1 Å². The number of hydrogen-bond acceptors (Lipinski definition) is 5. The Kier molecular flexibility index (Phi) is 9.57. The Hall–Kier alpha value is -2.58. The molecule has 9 heteroatoms. The number of benzene rings is 2. The van der Waals surface area contributed by atoms with E-state index in [4.69, 9.17) is 16.3 Å². The van der Waals surface area contributed by atoms with Gasteiger partial charge in [0.05, 0.1) is 0 Å². The minimum atomic E-state index is -0.781. The van der Waals surface area contributed by atoms with Crippen LogP contribution >= 0.6 is 35.3 Å². The highest BCUT2D eigenvalue weighted by Gasteiger charge is 2.37. The van der Waals surface area contributed by atoms with E-state index < -0.39 is 6.04 Å². The van der Waals surface area contributed by atoms with Crippen molar-refractivity contribution in [1.82, 2.24) is 10.2 Å². The molecular formula is C26H29Cl2N3O3S. The van der Waals surface area contributed by atoms with Crippen LogP contribution in [0.5, 0.6) is 11.5 Å². The Bertz CT molecular complexity index is 1130. The van der Waals surface area contributed by atoms with Gasteiger partial charge in [0.1, 0.15) is 23.4 Å². The molecule has 1 N–H and O–H groups in total. The minimum absolute atomic E-state index is 0. The van der Waals surface area contributed by atoms with Gasteiger partial charge >= 0.3 is 0 Å². The van der Waals surface area contributed by atoms with E-state index in [1.54, 1.807) is 4.90 Å². The number of rotatable bonds is 7. The molecule has 0 bridgehead atoms. The fourth-order valence-corrected chi connectivity index (χ4v) is 5.12. The number of aryl methyl sites for hydroxylation is 1. The summed E-state index contributed by atoms with van der Waals surface area (Å²) >= 11 is 7.52. The first-order valence-electron chi connectivity index (χ1n) is 11.2. The molecule has 0 spiro atoms. The molecule has 2 heterocycles. The molecule has 0 radical (unpaired) electrons. The van der Waals surface area contributed by atoms with Crippen LogP contribution in [0, 0.1) is 6.92 Å². The summed E-state index contributed by atoms with van der Waals surface area (Å²) in [6.45, 7) is 5.86. The van der Waals surface area contributed by atoms with E-state index in [9.17, 15) is 9.59 Å². The van der Waals surface area contributed by atoms with Crippen molar-refractivity contribution in [2.75, 3.05) is 30.4 Å². The van der Waals surface area contributed by atoms with Crippen molar-refractivity contribution < 1.29 is 14.3 Å². The zero-order valence-electron chi connectivity index (χ0n) is 19.6. The van der Waals surface area contributed by atoms with E-state index in [1.807, 2.05) is 77.9 Å². The van der Waals surface area contributed by atoms with Crippen LogP contribution in [0.3, 0.4) is 0 Å². The van der Waals surface area contributed by atoms with Gasteiger partial charge in [-0.1, -0.05) is 24.3 Å². The van der Waals surface area contributed by atoms with Crippen molar-refractivity contribution in [1.29, 1.82) is 0 Å². The summed E-state index contributed by atoms with van der Waals surface area (Å²) in [5.41, 5.74) is 1.45. The van der Waals surface area contributed by atoms with Crippen molar-refractivity contribution in [2.45, 2.75) is 25.9 Å². The average Bonchev–Trinajstić information content (AvgIpc) is 3.37. The number of anilines is 1. The number of piperazine rings is 1. The van der Waals surface area contributed by atoms with Gasteiger partial charge in [-0.25, -0.2) is 0 Å². The van der Waals surface area contributed by atoms with Gasteiger partial charge in [0.15, 0.2) is 0 Å². The zero-order chi connectivity index (χ0) is 24.1. The van der Waals surface area contributed by atoms with Gasteiger partial charge in [-0.05, 0) is 61.2 Å². The number of ether oxygens (including phenoxy) is 1. The number of nitrogens with one attached hydrogen (secondary N) is 1. The molecule has 1 aliphatic heterocycles. The lowest BCUT2D eigenvalue weighted by atomic mass is 10.1. The Morgan fingerprint density at radius 1 is 1.17 bits per heavy atom. The molecule has 6 nitrogen and oxygen atoms in total. The average molecular weight is 535 g/mol. The quantitative estimate of drug-likeness (QED) is 0.412. The molecule has 1 aliphatic rings. The highest BCUT2D eigenvalue weighted by Crippen LogP contribution is 2.36. The molecule has 2 aromatic carbocycles. The summed E-state index contributed by atoms with van der Waals surface area (Å²) in [6.07, 6.45) is 0. The molecule has 0 aliphatic carbocycles. The van der Waals surface area contributed by atoms with Gasteiger partial charge in [0.25, 0.3) is 5.91 Å². The first-order chi connectivity index (χ1) is 16.5. The Morgan fingerprint density at radius 2 is 1.94 bits per heavy atom. The van der Waals surface area contributed by atoms with Crippen molar-refractivity contribution >= 4 is 52.8 Å². The predicted octanol–water partition coefficient (Wildman–Crippen LogP) is 5.40. The van der Waals surface area contributed by atoms with Crippen LogP contribution < -0.4 is 15.0 Å². The fraction of sp³-hybridized carbons (Fsp3) is 0.308. The standard InChI is InChI=1S/C26H28ClN3O3S.ClH/c1-18-15-21(33-20-7-4-3-5-8-20)10-11-22(18)30(24(31)16-27)25(23-9-6-14-34-23)26(32)29-13-12-28-19(2)17-29;/h3-11,14-15,19,25,28H,12-13,16-17H2,1-2H3;1H/t19-,25+;/m0./s1. The number of amides is 2. The van der Waals surface area contributed by atoms with Gasteiger partial charge in [0, 0.05) is 36.2 Å². The molecule has 4 rings (SSSR count). The van der Waals surface area contributed by atoms with E-state index in [1.165, 1.54) is 11.3 Å². The van der Waals surface area contributed by atoms with Crippen LogP contribution in [-0.2, 0) is 9.59 Å². The molecule has 2 atom stereocenters. The minimum Gasteiger partial charge on any atom is -0.457 e. The Labute approximate surface area is 221 Å². The third kappa shape index (κ3) is 6.35. The number of hydrogen-bond donors (Lipinski definition) is 1. The van der Waals surface area contributed by atoms with Crippen LogP contribution in [0.25, 0.3) is 0 Å². The maximum Gasteiger partial charge on any atom is 0.251 e. The van der Waals surface area contributed by atoms with Gasteiger partial charge in [-0.3, -0.25) is 14.5 Å². The number of carbonyl (C=O) groups is 2. The number of thiophene rings is 1. The van der Waals surface area contributed by atoms with E-state index >= 15 is 0 Å². The Balaban J connectivity index is 0.00000342. The summed E-state index contributed by atoms with van der Waals surface area (Å²) in [6, 6.07) is 18.2. The van der Waals surface area contributed by atoms with Crippen molar-refractivity contribution in [3.63, 3.8) is 0 Å². The van der Waals surface area contributed by atoms with Crippen molar-refractivity contribution in [2.24, 2.45) is 0 Å². The van der Waals surface area contributed by atoms with E-state index in [2.05, 4.69) is 12.2 Å². The molecule has 186 valence electrons. The first-order valence-corrected chi connectivity index (χ1v) is 12.7. The molecule has 2 amide bonds. The number of nitrogens with zero attached hydrogens (tertiary/aromatic N) is 2. The van der Waals surface area contributed by atoms with Gasteiger partial charge in [-0.2, -0.15) is 0 Å². The third-order valence-electron chi connectivity index (χ3n) is 5.77. The van der Waals surface area contributed by atoms with Crippen LogP contribution in [0.1, 0.15) is 23.4 Å².